The molecular weight excluding hydrogens is 194 g/mol. The van der Waals surface area contributed by atoms with Gasteiger partial charge in [0.2, 0.25) is 0 Å². The number of unbranched alkanes of at least 4 members (excludes halogenated alkanes) is 5. The SMILES string of the molecule is CCCCCCCCC1(N)CCCC(C)C1. The van der Waals surface area contributed by atoms with Gasteiger partial charge in [0.15, 0.2) is 0 Å². The van der Waals surface area contributed by atoms with Gasteiger partial charge in [0.1, 0.15) is 0 Å². The molecule has 1 heteroatoms. The maximum absolute atomic E-state index is 6.49. The molecule has 0 aliphatic heterocycles. The van der Waals surface area contributed by atoms with E-state index in [0.717, 1.165) is 5.92 Å². The second-order valence-corrected chi connectivity index (χ2v) is 6.08. The van der Waals surface area contributed by atoms with Gasteiger partial charge in [0.05, 0.1) is 0 Å². The molecule has 1 aliphatic carbocycles. The fourth-order valence-corrected chi connectivity index (χ4v) is 3.19. The normalized spacial score (nSPS) is 30.6. The topological polar surface area (TPSA) is 26.0 Å². The Morgan fingerprint density at radius 2 is 1.81 bits per heavy atom. The zero-order valence-electron chi connectivity index (χ0n) is 11.4. The lowest BCUT2D eigenvalue weighted by Gasteiger charge is -2.37. The highest BCUT2D eigenvalue weighted by Gasteiger charge is 2.29. The quantitative estimate of drug-likeness (QED) is 0.627. The molecule has 16 heavy (non-hydrogen) atoms. The number of rotatable bonds is 7. The molecule has 0 aromatic carbocycles. The van der Waals surface area contributed by atoms with Crippen molar-refractivity contribution in [1.29, 1.82) is 0 Å². The van der Waals surface area contributed by atoms with Crippen LogP contribution in [-0.4, -0.2) is 5.54 Å². The molecule has 2 unspecified atom stereocenters. The first-order valence-electron chi connectivity index (χ1n) is 7.45. The lowest BCUT2D eigenvalue weighted by Crippen LogP contribution is -2.43. The molecule has 0 aromatic heterocycles. The maximum atomic E-state index is 6.49. The van der Waals surface area contributed by atoms with E-state index in [1.807, 2.05) is 0 Å². The summed E-state index contributed by atoms with van der Waals surface area (Å²) in [7, 11) is 0. The summed E-state index contributed by atoms with van der Waals surface area (Å²) < 4.78 is 0. The minimum Gasteiger partial charge on any atom is -0.325 e. The molecule has 0 aromatic rings. The average molecular weight is 225 g/mol. The third-order valence-electron chi connectivity index (χ3n) is 4.15. The molecule has 96 valence electrons. The molecule has 1 rings (SSSR count). The van der Waals surface area contributed by atoms with Crippen LogP contribution in [0.2, 0.25) is 0 Å². The standard InChI is InChI=1S/C15H31N/c1-3-4-5-6-7-8-11-15(16)12-9-10-14(2)13-15/h14H,3-13,16H2,1-2H3. The predicted octanol–water partition coefficient (Wildman–Crippen LogP) is 4.64. The van der Waals surface area contributed by atoms with E-state index in [9.17, 15) is 0 Å². The monoisotopic (exact) mass is 225 g/mol. The number of hydrogen-bond donors (Lipinski definition) is 1. The van der Waals surface area contributed by atoms with Gasteiger partial charge in [-0.2, -0.15) is 0 Å². The van der Waals surface area contributed by atoms with Gasteiger partial charge < -0.3 is 5.73 Å². The molecular formula is C15H31N. The van der Waals surface area contributed by atoms with Gasteiger partial charge in [-0.15, -0.1) is 0 Å². The van der Waals surface area contributed by atoms with Crippen molar-refractivity contribution in [3.05, 3.63) is 0 Å². The fraction of sp³-hybridized carbons (Fsp3) is 1.00. The van der Waals surface area contributed by atoms with Gasteiger partial charge in [-0.3, -0.25) is 0 Å². The van der Waals surface area contributed by atoms with Crippen LogP contribution in [-0.2, 0) is 0 Å². The Morgan fingerprint density at radius 3 is 2.50 bits per heavy atom. The van der Waals surface area contributed by atoms with Crippen LogP contribution in [0.5, 0.6) is 0 Å². The highest BCUT2D eigenvalue weighted by atomic mass is 14.7. The van der Waals surface area contributed by atoms with Gasteiger partial charge in [0.25, 0.3) is 0 Å². The zero-order chi connectivity index (χ0) is 11.9. The highest BCUT2D eigenvalue weighted by molar-refractivity contribution is 4.89. The van der Waals surface area contributed by atoms with Crippen molar-refractivity contribution in [3.8, 4) is 0 Å². The van der Waals surface area contributed by atoms with E-state index in [1.165, 1.54) is 70.6 Å². The molecule has 2 atom stereocenters. The van der Waals surface area contributed by atoms with Gasteiger partial charge in [-0.05, 0) is 25.2 Å². The Balaban J connectivity index is 2.06. The largest absolute Gasteiger partial charge is 0.325 e. The first-order chi connectivity index (χ1) is 7.66. The average Bonchev–Trinajstić information content (AvgIpc) is 2.23. The van der Waals surface area contributed by atoms with Crippen LogP contribution in [0.4, 0.5) is 0 Å². The Hall–Kier alpha value is -0.0400. The van der Waals surface area contributed by atoms with Crippen molar-refractivity contribution in [2.24, 2.45) is 11.7 Å². The molecule has 0 radical (unpaired) electrons. The summed E-state index contributed by atoms with van der Waals surface area (Å²) in [6.07, 6.45) is 14.9. The molecule has 1 fully saturated rings. The molecule has 1 saturated carbocycles. The Morgan fingerprint density at radius 1 is 1.12 bits per heavy atom. The van der Waals surface area contributed by atoms with E-state index in [2.05, 4.69) is 13.8 Å². The number of nitrogens with two attached hydrogens (primary N) is 1. The predicted molar refractivity (Wildman–Crippen MR) is 72.5 cm³/mol. The molecule has 0 saturated heterocycles. The van der Waals surface area contributed by atoms with Crippen LogP contribution in [0.25, 0.3) is 0 Å². The van der Waals surface area contributed by atoms with Gasteiger partial charge in [-0.1, -0.05) is 65.2 Å². The van der Waals surface area contributed by atoms with Gasteiger partial charge >= 0.3 is 0 Å². The second-order valence-electron chi connectivity index (χ2n) is 6.08. The van der Waals surface area contributed by atoms with Crippen molar-refractivity contribution < 1.29 is 0 Å². The third kappa shape index (κ3) is 5.34. The van der Waals surface area contributed by atoms with Gasteiger partial charge in [0, 0.05) is 5.54 Å². The lowest BCUT2D eigenvalue weighted by atomic mass is 9.74. The molecule has 1 nitrogen and oxygen atoms in total. The van der Waals surface area contributed by atoms with E-state index >= 15 is 0 Å². The summed E-state index contributed by atoms with van der Waals surface area (Å²) in [4.78, 5) is 0. The van der Waals surface area contributed by atoms with Crippen molar-refractivity contribution >= 4 is 0 Å². The Labute approximate surface area is 102 Å². The van der Waals surface area contributed by atoms with Crippen molar-refractivity contribution in [3.63, 3.8) is 0 Å². The van der Waals surface area contributed by atoms with Crippen LogP contribution < -0.4 is 5.73 Å². The summed E-state index contributed by atoms with van der Waals surface area (Å²) in [5.74, 6) is 0.860. The third-order valence-corrected chi connectivity index (χ3v) is 4.15. The molecule has 2 N–H and O–H groups in total. The molecule has 0 heterocycles. The maximum Gasteiger partial charge on any atom is 0.0156 e. The summed E-state index contributed by atoms with van der Waals surface area (Å²) in [5, 5.41) is 0. The summed E-state index contributed by atoms with van der Waals surface area (Å²) in [6.45, 7) is 4.64. The van der Waals surface area contributed by atoms with Crippen LogP contribution >= 0.6 is 0 Å². The molecule has 0 bridgehead atoms. The highest BCUT2D eigenvalue weighted by Crippen LogP contribution is 2.33. The van der Waals surface area contributed by atoms with Crippen molar-refractivity contribution in [1.82, 2.24) is 0 Å². The van der Waals surface area contributed by atoms with Crippen molar-refractivity contribution in [2.45, 2.75) is 90.0 Å². The Bertz CT molecular complexity index is 178. The van der Waals surface area contributed by atoms with E-state index in [1.54, 1.807) is 0 Å². The van der Waals surface area contributed by atoms with Gasteiger partial charge in [-0.25, -0.2) is 0 Å². The molecule has 0 spiro atoms. The van der Waals surface area contributed by atoms with Crippen LogP contribution in [0.1, 0.15) is 84.5 Å². The summed E-state index contributed by atoms with van der Waals surface area (Å²) in [6, 6.07) is 0. The zero-order valence-corrected chi connectivity index (χ0v) is 11.4. The van der Waals surface area contributed by atoms with Crippen LogP contribution in [0, 0.1) is 5.92 Å². The van der Waals surface area contributed by atoms with E-state index in [4.69, 9.17) is 5.73 Å². The number of hydrogen-bond acceptors (Lipinski definition) is 1. The smallest absolute Gasteiger partial charge is 0.0156 e. The fourth-order valence-electron chi connectivity index (χ4n) is 3.19. The minimum absolute atomic E-state index is 0.197. The van der Waals surface area contributed by atoms with E-state index in [0.29, 0.717) is 0 Å². The molecule has 0 amide bonds. The van der Waals surface area contributed by atoms with Crippen LogP contribution in [0.3, 0.4) is 0 Å². The van der Waals surface area contributed by atoms with Crippen LogP contribution in [0.15, 0.2) is 0 Å². The second kappa shape index (κ2) is 7.32. The Kier molecular flexibility index (Phi) is 6.41. The van der Waals surface area contributed by atoms with E-state index in [-0.39, 0.29) is 5.54 Å². The molecule has 1 aliphatic rings. The first-order valence-corrected chi connectivity index (χ1v) is 7.45. The lowest BCUT2D eigenvalue weighted by molar-refractivity contribution is 0.218. The van der Waals surface area contributed by atoms with Crippen molar-refractivity contribution in [2.75, 3.05) is 0 Å². The summed E-state index contributed by atoms with van der Waals surface area (Å²) in [5.41, 5.74) is 6.69. The summed E-state index contributed by atoms with van der Waals surface area (Å²) >= 11 is 0. The van der Waals surface area contributed by atoms with E-state index < -0.39 is 0 Å². The minimum atomic E-state index is 0.197. The first kappa shape index (κ1) is 14.0.